The van der Waals surface area contributed by atoms with E-state index in [-0.39, 0.29) is 11.9 Å². The van der Waals surface area contributed by atoms with Gasteiger partial charge < -0.3 is 10.6 Å². The van der Waals surface area contributed by atoms with Crippen molar-refractivity contribution in [2.24, 2.45) is 11.7 Å². The van der Waals surface area contributed by atoms with Gasteiger partial charge in [0.1, 0.15) is 6.04 Å². The lowest BCUT2D eigenvalue weighted by Crippen LogP contribution is -2.62. The highest BCUT2D eigenvalue weighted by Gasteiger charge is 2.35. The molecule has 1 saturated heterocycles. The molecule has 4 nitrogen and oxygen atoms in total. The third-order valence-electron chi connectivity index (χ3n) is 3.06. The first-order valence-corrected chi connectivity index (χ1v) is 5.68. The van der Waals surface area contributed by atoms with Gasteiger partial charge in [0.25, 0.3) is 0 Å². The van der Waals surface area contributed by atoms with Gasteiger partial charge in [0.2, 0.25) is 5.91 Å². The molecule has 2 unspecified atom stereocenters. The second kappa shape index (κ2) is 4.94. The Bertz CT molecular complexity index is 230. The molecule has 0 radical (unpaired) electrons. The molecule has 0 bridgehead atoms. The van der Waals surface area contributed by atoms with Crippen LogP contribution in [0.1, 0.15) is 20.8 Å². The maximum Gasteiger partial charge on any atom is 0.241 e. The van der Waals surface area contributed by atoms with Crippen LogP contribution in [-0.4, -0.2) is 54.5 Å². The highest BCUT2D eigenvalue weighted by molar-refractivity contribution is 5.83. The minimum atomic E-state index is -0.117. The first-order chi connectivity index (χ1) is 6.97. The monoisotopic (exact) mass is 213 g/mol. The highest BCUT2D eigenvalue weighted by atomic mass is 16.2. The lowest BCUT2D eigenvalue weighted by molar-refractivity contribution is -0.143. The summed E-state index contributed by atoms with van der Waals surface area (Å²) in [4.78, 5) is 16.0. The lowest BCUT2D eigenvalue weighted by Gasteiger charge is -2.43. The fourth-order valence-corrected chi connectivity index (χ4v) is 2.12. The number of nitrogens with zero attached hydrogens (tertiary/aromatic N) is 2. The van der Waals surface area contributed by atoms with Gasteiger partial charge in [0.15, 0.2) is 0 Å². The van der Waals surface area contributed by atoms with Crippen LogP contribution < -0.4 is 5.73 Å². The van der Waals surface area contributed by atoms with Crippen molar-refractivity contribution < 1.29 is 4.79 Å². The van der Waals surface area contributed by atoms with E-state index >= 15 is 0 Å². The summed E-state index contributed by atoms with van der Waals surface area (Å²) in [6, 6.07) is 0.174. The maximum absolute atomic E-state index is 12.0. The molecule has 0 spiro atoms. The second-order valence-corrected chi connectivity index (χ2v) is 4.90. The molecule has 15 heavy (non-hydrogen) atoms. The van der Waals surface area contributed by atoms with Crippen LogP contribution in [-0.2, 0) is 4.79 Å². The van der Waals surface area contributed by atoms with Gasteiger partial charge in [-0.1, -0.05) is 13.8 Å². The topological polar surface area (TPSA) is 49.6 Å². The Morgan fingerprint density at radius 1 is 1.53 bits per heavy atom. The SMILES string of the molecule is CC(C)CN1CC(C)N(C)C(=O)C1CN. The van der Waals surface area contributed by atoms with Crippen LogP contribution in [0.2, 0.25) is 0 Å². The van der Waals surface area contributed by atoms with Gasteiger partial charge in [-0.2, -0.15) is 0 Å². The van der Waals surface area contributed by atoms with Gasteiger partial charge in [-0.25, -0.2) is 0 Å². The normalized spacial score (nSPS) is 28.9. The number of hydrogen-bond acceptors (Lipinski definition) is 3. The molecule has 0 aromatic heterocycles. The number of nitrogens with two attached hydrogens (primary N) is 1. The van der Waals surface area contributed by atoms with E-state index < -0.39 is 0 Å². The zero-order valence-electron chi connectivity index (χ0n) is 10.2. The van der Waals surface area contributed by atoms with Crippen molar-refractivity contribution in [1.82, 2.24) is 9.80 Å². The Hall–Kier alpha value is -0.610. The van der Waals surface area contributed by atoms with E-state index in [1.807, 2.05) is 11.9 Å². The molecule has 0 aliphatic carbocycles. The Balaban J connectivity index is 2.73. The minimum absolute atomic E-state index is 0.117. The molecular formula is C11H23N3O. The summed E-state index contributed by atoms with van der Waals surface area (Å²) >= 11 is 0. The van der Waals surface area contributed by atoms with E-state index in [9.17, 15) is 4.79 Å². The Kier molecular flexibility index (Phi) is 4.11. The second-order valence-electron chi connectivity index (χ2n) is 4.90. The Morgan fingerprint density at radius 3 is 2.60 bits per heavy atom. The number of carbonyl (C=O) groups excluding carboxylic acids is 1. The van der Waals surface area contributed by atoms with Gasteiger partial charge in [-0.3, -0.25) is 9.69 Å². The van der Waals surface area contributed by atoms with Crippen LogP contribution in [0.5, 0.6) is 0 Å². The summed E-state index contributed by atoms with van der Waals surface area (Å²) < 4.78 is 0. The summed E-state index contributed by atoms with van der Waals surface area (Å²) in [7, 11) is 1.86. The van der Waals surface area contributed by atoms with E-state index in [1.54, 1.807) is 0 Å². The number of rotatable bonds is 3. The lowest BCUT2D eigenvalue weighted by atomic mass is 10.0. The molecule has 4 heteroatoms. The Morgan fingerprint density at radius 2 is 2.13 bits per heavy atom. The molecular weight excluding hydrogens is 190 g/mol. The molecule has 1 heterocycles. The van der Waals surface area contributed by atoms with Crippen molar-refractivity contribution >= 4 is 5.91 Å². The van der Waals surface area contributed by atoms with Crippen molar-refractivity contribution in [2.75, 3.05) is 26.7 Å². The highest BCUT2D eigenvalue weighted by Crippen LogP contribution is 2.15. The van der Waals surface area contributed by atoms with Crippen molar-refractivity contribution in [3.63, 3.8) is 0 Å². The maximum atomic E-state index is 12.0. The fourth-order valence-electron chi connectivity index (χ4n) is 2.12. The summed E-state index contributed by atoms with van der Waals surface area (Å²) in [6.07, 6.45) is 0. The minimum Gasteiger partial charge on any atom is -0.340 e. The van der Waals surface area contributed by atoms with Crippen LogP contribution in [0.4, 0.5) is 0 Å². The Labute approximate surface area is 92.4 Å². The number of carbonyl (C=O) groups is 1. The number of piperazine rings is 1. The standard InChI is InChI=1S/C11H23N3O/c1-8(2)6-14-7-9(3)13(4)11(15)10(14)5-12/h8-10H,5-7,12H2,1-4H3. The van der Waals surface area contributed by atoms with Crippen LogP contribution >= 0.6 is 0 Å². The molecule has 1 aliphatic heterocycles. The molecule has 88 valence electrons. The number of hydrogen-bond donors (Lipinski definition) is 1. The molecule has 1 aliphatic rings. The van der Waals surface area contributed by atoms with Crippen LogP contribution in [0.15, 0.2) is 0 Å². The van der Waals surface area contributed by atoms with E-state index in [2.05, 4.69) is 25.7 Å². The first kappa shape index (κ1) is 12.5. The quantitative estimate of drug-likeness (QED) is 0.725. The van der Waals surface area contributed by atoms with Gasteiger partial charge in [0, 0.05) is 32.7 Å². The number of likely N-dealkylation sites (N-methyl/N-ethyl adjacent to an activating group) is 1. The average Bonchev–Trinajstić information content (AvgIpc) is 2.14. The van der Waals surface area contributed by atoms with E-state index in [0.717, 1.165) is 13.1 Å². The summed E-state index contributed by atoms with van der Waals surface area (Å²) in [5, 5.41) is 0. The number of amides is 1. The molecule has 0 saturated carbocycles. The van der Waals surface area contributed by atoms with Crippen molar-refractivity contribution in [1.29, 1.82) is 0 Å². The van der Waals surface area contributed by atoms with Gasteiger partial charge >= 0.3 is 0 Å². The summed E-state index contributed by atoms with van der Waals surface area (Å²) in [5.74, 6) is 0.736. The largest absolute Gasteiger partial charge is 0.340 e. The van der Waals surface area contributed by atoms with Gasteiger partial charge in [-0.15, -0.1) is 0 Å². The molecule has 2 N–H and O–H groups in total. The third-order valence-corrected chi connectivity index (χ3v) is 3.06. The van der Waals surface area contributed by atoms with Crippen LogP contribution in [0.3, 0.4) is 0 Å². The third kappa shape index (κ3) is 2.69. The first-order valence-electron chi connectivity index (χ1n) is 5.68. The molecule has 0 aromatic carbocycles. The molecule has 1 rings (SSSR count). The molecule has 1 amide bonds. The smallest absolute Gasteiger partial charge is 0.241 e. The van der Waals surface area contributed by atoms with Crippen molar-refractivity contribution in [3.05, 3.63) is 0 Å². The van der Waals surface area contributed by atoms with E-state index in [0.29, 0.717) is 18.5 Å². The van der Waals surface area contributed by atoms with Gasteiger partial charge in [0.05, 0.1) is 0 Å². The van der Waals surface area contributed by atoms with Crippen LogP contribution in [0, 0.1) is 5.92 Å². The predicted molar refractivity (Wildman–Crippen MR) is 61.5 cm³/mol. The van der Waals surface area contributed by atoms with E-state index in [1.165, 1.54) is 0 Å². The molecule has 2 atom stereocenters. The summed E-state index contributed by atoms with van der Waals surface area (Å²) in [5.41, 5.74) is 5.68. The van der Waals surface area contributed by atoms with Crippen molar-refractivity contribution in [3.8, 4) is 0 Å². The zero-order valence-corrected chi connectivity index (χ0v) is 10.2. The molecule has 1 fully saturated rings. The fraction of sp³-hybridized carbons (Fsp3) is 0.909. The van der Waals surface area contributed by atoms with E-state index in [4.69, 9.17) is 5.73 Å². The van der Waals surface area contributed by atoms with Crippen molar-refractivity contribution in [2.45, 2.75) is 32.9 Å². The van der Waals surface area contributed by atoms with Gasteiger partial charge in [-0.05, 0) is 12.8 Å². The predicted octanol–water partition coefficient (Wildman–Crippen LogP) is 0.132. The average molecular weight is 213 g/mol. The van der Waals surface area contributed by atoms with Crippen LogP contribution in [0.25, 0.3) is 0 Å². The molecule has 0 aromatic rings. The summed E-state index contributed by atoms with van der Waals surface area (Å²) in [6.45, 7) is 8.72. The zero-order chi connectivity index (χ0) is 11.6.